The zero-order chi connectivity index (χ0) is 20.9. The molecule has 4 rings (SSSR count). The summed E-state index contributed by atoms with van der Waals surface area (Å²) in [6.45, 7) is 6.10. The molecule has 0 aliphatic carbocycles. The van der Waals surface area contributed by atoms with Gasteiger partial charge in [-0.1, -0.05) is 54.6 Å². The van der Waals surface area contributed by atoms with Crippen molar-refractivity contribution in [1.82, 2.24) is 14.6 Å². The molecule has 6 nitrogen and oxygen atoms in total. The fourth-order valence-electron chi connectivity index (χ4n) is 2.71. The fourth-order valence-corrected chi connectivity index (χ4v) is 8.62. The van der Waals surface area contributed by atoms with E-state index in [9.17, 15) is 0 Å². The first-order valence-corrected chi connectivity index (χ1v) is 13.3. The lowest BCUT2D eigenvalue weighted by atomic mass is 10.2. The van der Waals surface area contributed by atoms with Crippen LogP contribution >= 0.6 is 25.3 Å². The summed E-state index contributed by atoms with van der Waals surface area (Å²) in [7, 11) is -3.63. The Morgan fingerprint density at radius 2 is 0.733 bits per heavy atom. The van der Waals surface area contributed by atoms with Gasteiger partial charge in [0.1, 0.15) is 17.2 Å². The van der Waals surface area contributed by atoms with Crippen LogP contribution in [0.5, 0.6) is 17.2 Å². The minimum atomic E-state index is -1.21. The lowest BCUT2D eigenvalue weighted by Gasteiger charge is -2.35. The molecule has 0 radical (unpaired) electrons. The van der Waals surface area contributed by atoms with E-state index in [2.05, 4.69) is 14.6 Å². The Morgan fingerprint density at radius 1 is 0.467 bits per heavy atom. The molecule has 156 valence electrons. The van der Waals surface area contributed by atoms with Gasteiger partial charge in [0, 0.05) is 0 Å². The molecular weight excluding hydrogens is 435 g/mol. The summed E-state index contributed by atoms with van der Waals surface area (Å²) < 4.78 is 18.8. The second kappa shape index (κ2) is 10.0. The maximum Gasteiger partial charge on any atom is 0.257 e. The third-order valence-corrected chi connectivity index (χ3v) is 9.89. The summed E-state index contributed by atoms with van der Waals surface area (Å²) in [6, 6.07) is 23.9. The van der Waals surface area contributed by atoms with Crippen LogP contribution in [0.25, 0.3) is 0 Å². The normalized spacial score (nSPS) is 21.1. The van der Waals surface area contributed by atoms with E-state index in [4.69, 9.17) is 13.6 Å². The molecule has 3 aromatic carbocycles. The summed E-state index contributed by atoms with van der Waals surface area (Å²) >= 11 is 0. The monoisotopic (exact) mass is 459 g/mol. The van der Waals surface area contributed by atoms with Crippen molar-refractivity contribution in [2.45, 2.75) is 20.8 Å². The molecule has 1 heterocycles. The van der Waals surface area contributed by atoms with Gasteiger partial charge in [0.2, 0.25) is 0 Å². The van der Waals surface area contributed by atoms with Crippen LogP contribution < -0.4 is 28.1 Å². The first-order chi connectivity index (χ1) is 14.6. The van der Waals surface area contributed by atoms with Gasteiger partial charge in [0.05, 0.1) is 0 Å². The van der Waals surface area contributed by atoms with Crippen molar-refractivity contribution >= 4 is 25.3 Å². The van der Waals surface area contributed by atoms with Crippen molar-refractivity contribution in [1.29, 1.82) is 0 Å². The van der Waals surface area contributed by atoms with Crippen molar-refractivity contribution in [2.75, 3.05) is 0 Å². The Labute approximate surface area is 181 Å². The fraction of sp³-hybridized carbons (Fsp3) is 0.143. The molecule has 1 aliphatic heterocycles. The standard InChI is InChI=1S/C21H24N3O3P3/c1-16-10-4-7-13-19(16)25-28-22-29(26-20-14-8-5-11-17(20)2)24-30(23-28)27-21-15-9-6-12-18(21)3/h4-15,22-24H,1-3H3. The highest BCUT2D eigenvalue weighted by molar-refractivity contribution is 7.79. The summed E-state index contributed by atoms with van der Waals surface area (Å²) in [5, 5.41) is 0. The van der Waals surface area contributed by atoms with Gasteiger partial charge in [-0.05, 0) is 55.7 Å². The van der Waals surface area contributed by atoms with Gasteiger partial charge in [-0.3, -0.25) is 0 Å². The molecule has 0 aromatic heterocycles. The van der Waals surface area contributed by atoms with Crippen molar-refractivity contribution in [3.8, 4) is 17.2 Å². The molecule has 30 heavy (non-hydrogen) atoms. The Bertz CT molecular complexity index is 875. The number of benzene rings is 3. The zero-order valence-electron chi connectivity index (χ0n) is 17.0. The van der Waals surface area contributed by atoms with E-state index in [0.717, 1.165) is 33.9 Å². The predicted molar refractivity (Wildman–Crippen MR) is 126 cm³/mol. The molecule has 0 amide bonds. The van der Waals surface area contributed by atoms with Gasteiger partial charge in [0.25, 0.3) is 25.3 Å². The van der Waals surface area contributed by atoms with E-state index in [0.29, 0.717) is 0 Å². The van der Waals surface area contributed by atoms with Crippen molar-refractivity contribution in [3.05, 3.63) is 89.5 Å². The molecule has 1 fully saturated rings. The predicted octanol–water partition coefficient (Wildman–Crippen LogP) is 6.61. The first kappa shape index (κ1) is 21.5. The van der Waals surface area contributed by atoms with Crippen LogP contribution in [0.4, 0.5) is 0 Å². The lowest BCUT2D eigenvalue weighted by molar-refractivity contribution is 0.559. The first-order valence-electron chi connectivity index (χ1n) is 9.48. The molecule has 0 bridgehead atoms. The molecule has 9 heteroatoms. The SMILES string of the molecule is Cc1ccccc1OP1NP(Oc2ccccc2C)NP(Oc2ccccc2C)N1. The Hall–Kier alpha value is -1.77. The highest BCUT2D eigenvalue weighted by Crippen LogP contribution is 2.56. The van der Waals surface area contributed by atoms with E-state index in [1.165, 1.54) is 0 Å². The van der Waals surface area contributed by atoms with Gasteiger partial charge >= 0.3 is 0 Å². The highest BCUT2D eigenvalue weighted by atomic mass is 31.3. The number of para-hydroxylation sites is 3. The maximum atomic E-state index is 6.26. The minimum Gasteiger partial charge on any atom is -0.444 e. The van der Waals surface area contributed by atoms with E-state index in [1.807, 2.05) is 93.6 Å². The number of rotatable bonds is 6. The molecule has 1 saturated heterocycles. The summed E-state index contributed by atoms with van der Waals surface area (Å²) in [4.78, 5) is 10.3. The third-order valence-electron chi connectivity index (χ3n) is 4.39. The van der Waals surface area contributed by atoms with Gasteiger partial charge in [-0.2, -0.15) is 14.6 Å². The van der Waals surface area contributed by atoms with Crippen LogP contribution in [-0.2, 0) is 0 Å². The molecule has 3 N–H and O–H groups in total. The zero-order valence-corrected chi connectivity index (χ0v) is 19.7. The number of nitrogens with one attached hydrogen (secondary N) is 3. The average Bonchev–Trinajstić information content (AvgIpc) is 2.73. The van der Waals surface area contributed by atoms with E-state index < -0.39 is 25.3 Å². The van der Waals surface area contributed by atoms with Gasteiger partial charge in [-0.25, -0.2) is 0 Å². The van der Waals surface area contributed by atoms with Crippen LogP contribution in [0.2, 0.25) is 0 Å². The number of aryl methyl sites for hydroxylation is 3. The largest absolute Gasteiger partial charge is 0.444 e. The van der Waals surface area contributed by atoms with Gasteiger partial charge in [0.15, 0.2) is 0 Å². The molecule has 3 aromatic rings. The van der Waals surface area contributed by atoms with E-state index in [-0.39, 0.29) is 0 Å². The highest BCUT2D eigenvalue weighted by Gasteiger charge is 2.34. The van der Waals surface area contributed by atoms with Crippen molar-refractivity contribution < 1.29 is 13.6 Å². The average molecular weight is 459 g/mol. The van der Waals surface area contributed by atoms with Crippen LogP contribution in [0.1, 0.15) is 16.7 Å². The number of hydrogen-bond acceptors (Lipinski definition) is 6. The molecule has 0 saturated carbocycles. The Kier molecular flexibility index (Phi) is 7.17. The van der Waals surface area contributed by atoms with Crippen LogP contribution in [0.15, 0.2) is 72.8 Å². The molecular formula is C21H24N3O3P3. The summed E-state index contributed by atoms with van der Waals surface area (Å²) in [6.07, 6.45) is 0. The third kappa shape index (κ3) is 5.47. The summed E-state index contributed by atoms with van der Waals surface area (Å²) in [5.74, 6) is 2.51. The van der Waals surface area contributed by atoms with Crippen LogP contribution in [0, 0.1) is 20.8 Å². The molecule has 0 spiro atoms. The molecule has 1 aliphatic rings. The van der Waals surface area contributed by atoms with Crippen LogP contribution in [-0.4, -0.2) is 0 Å². The maximum absolute atomic E-state index is 6.26. The van der Waals surface area contributed by atoms with Crippen LogP contribution in [0.3, 0.4) is 0 Å². The van der Waals surface area contributed by atoms with E-state index in [1.54, 1.807) is 0 Å². The second-order valence-electron chi connectivity index (χ2n) is 6.75. The van der Waals surface area contributed by atoms with Gasteiger partial charge < -0.3 is 13.6 Å². The second-order valence-corrected chi connectivity index (χ2v) is 11.5. The Morgan fingerprint density at radius 3 is 1.00 bits per heavy atom. The quantitative estimate of drug-likeness (QED) is 0.361. The lowest BCUT2D eigenvalue weighted by Crippen LogP contribution is -2.32. The Balaban J connectivity index is 1.53. The van der Waals surface area contributed by atoms with E-state index >= 15 is 0 Å². The minimum absolute atomic E-state index is 0.835. The molecule has 0 atom stereocenters. The smallest absolute Gasteiger partial charge is 0.257 e. The topological polar surface area (TPSA) is 63.8 Å². The van der Waals surface area contributed by atoms with Crippen molar-refractivity contribution in [2.24, 2.45) is 0 Å². The van der Waals surface area contributed by atoms with Crippen molar-refractivity contribution in [3.63, 3.8) is 0 Å². The number of hydrogen-bond donors (Lipinski definition) is 3. The summed E-state index contributed by atoms with van der Waals surface area (Å²) in [5.41, 5.74) is 3.24. The molecule has 0 unspecified atom stereocenters. The van der Waals surface area contributed by atoms with Gasteiger partial charge in [-0.15, -0.1) is 0 Å².